The molecule has 2 rings (SSSR count). The van der Waals surface area contributed by atoms with Gasteiger partial charge in [0, 0.05) is 31.4 Å². The van der Waals surface area contributed by atoms with Crippen LogP contribution >= 0.6 is 0 Å². The largest absolute Gasteiger partial charge is 0.481 e. The maximum absolute atomic E-state index is 11.6. The number of methoxy groups -OCH3 is 1. The lowest BCUT2D eigenvalue weighted by Gasteiger charge is -2.30. The number of hydrogen-bond donors (Lipinski definition) is 1. The topological polar surface area (TPSA) is 54.5 Å². The van der Waals surface area contributed by atoms with Crippen molar-refractivity contribution in [3.05, 3.63) is 23.9 Å². The molecule has 0 saturated carbocycles. The van der Waals surface area contributed by atoms with Crippen LogP contribution in [0.5, 0.6) is 5.88 Å². The van der Waals surface area contributed by atoms with Gasteiger partial charge in [0.1, 0.15) is 0 Å². The SMILES string of the molecule is COc1ncccc1CNC(=O)N1CCC1. The Kier molecular flexibility index (Phi) is 3.24. The number of hydrogen-bond acceptors (Lipinski definition) is 3. The van der Waals surface area contributed by atoms with E-state index < -0.39 is 0 Å². The molecule has 0 bridgehead atoms. The molecule has 1 saturated heterocycles. The molecule has 1 aromatic heterocycles. The zero-order chi connectivity index (χ0) is 11.4. The zero-order valence-electron chi connectivity index (χ0n) is 9.27. The summed E-state index contributed by atoms with van der Waals surface area (Å²) >= 11 is 0. The molecule has 2 amide bonds. The predicted octanol–water partition coefficient (Wildman–Crippen LogP) is 1.01. The van der Waals surface area contributed by atoms with Gasteiger partial charge in [-0.05, 0) is 12.5 Å². The molecule has 0 spiro atoms. The standard InChI is InChI=1S/C11H15N3O2/c1-16-10-9(4-2-5-12-10)8-13-11(15)14-6-3-7-14/h2,4-5H,3,6-8H2,1H3,(H,13,15). The number of ether oxygens (including phenoxy) is 1. The Hall–Kier alpha value is -1.78. The molecule has 1 aliphatic rings. The van der Waals surface area contributed by atoms with Gasteiger partial charge in [-0.15, -0.1) is 0 Å². The van der Waals surface area contributed by atoms with Gasteiger partial charge in [-0.1, -0.05) is 6.07 Å². The highest BCUT2D eigenvalue weighted by molar-refractivity contribution is 5.74. The smallest absolute Gasteiger partial charge is 0.317 e. The summed E-state index contributed by atoms with van der Waals surface area (Å²) in [6, 6.07) is 3.70. The maximum Gasteiger partial charge on any atom is 0.317 e. The van der Waals surface area contributed by atoms with Crippen molar-refractivity contribution in [2.24, 2.45) is 0 Å². The number of nitrogens with zero attached hydrogens (tertiary/aromatic N) is 2. The fourth-order valence-corrected chi connectivity index (χ4v) is 1.54. The predicted molar refractivity (Wildman–Crippen MR) is 59.2 cm³/mol. The Morgan fingerprint density at radius 2 is 2.44 bits per heavy atom. The summed E-state index contributed by atoms with van der Waals surface area (Å²) < 4.78 is 5.10. The number of nitrogens with one attached hydrogen (secondary N) is 1. The Labute approximate surface area is 94.4 Å². The highest BCUT2D eigenvalue weighted by Crippen LogP contribution is 2.13. The lowest BCUT2D eigenvalue weighted by atomic mass is 10.2. The summed E-state index contributed by atoms with van der Waals surface area (Å²) in [5.74, 6) is 0.561. The summed E-state index contributed by atoms with van der Waals surface area (Å²) in [4.78, 5) is 17.4. The summed E-state index contributed by atoms with van der Waals surface area (Å²) in [5, 5.41) is 2.84. The second-order valence-electron chi connectivity index (χ2n) is 3.67. The number of carbonyl (C=O) groups excluding carboxylic acids is 1. The molecule has 1 aromatic rings. The number of aromatic nitrogens is 1. The first-order valence-electron chi connectivity index (χ1n) is 5.32. The van der Waals surface area contributed by atoms with Crippen LogP contribution < -0.4 is 10.1 Å². The highest BCUT2D eigenvalue weighted by atomic mass is 16.5. The molecule has 5 nitrogen and oxygen atoms in total. The number of pyridine rings is 1. The van der Waals surface area contributed by atoms with Crippen molar-refractivity contribution >= 4 is 6.03 Å². The van der Waals surface area contributed by atoms with E-state index in [0.29, 0.717) is 12.4 Å². The van der Waals surface area contributed by atoms with Crippen LogP contribution in [0.1, 0.15) is 12.0 Å². The normalized spacial score (nSPS) is 14.2. The summed E-state index contributed by atoms with van der Waals surface area (Å²) in [6.07, 6.45) is 2.77. The van der Waals surface area contributed by atoms with Gasteiger partial charge in [0.15, 0.2) is 0 Å². The van der Waals surface area contributed by atoms with Gasteiger partial charge >= 0.3 is 6.03 Å². The van der Waals surface area contributed by atoms with Crippen molar-refractivity contribution < 1.29 is 9.53 Å². The molecule has 0 atom stereocenters. The van der Waals surface area contributed by atoms with E-state index in [-0.39, 0.29) is 6.03 Å². The lowest BCUT2D eigenvalue weighted by molar-refractivity contribution is 0.167. The molecule has 2 heterocycles. The average Bonchev–Trinajstić information content (AvgIpc) is 2.24. The van der Waals surface area contributed by atoms with E-state index in [0.717, 1.165) is 25.1 Å². The second kappa shape index (κ2) is 4.83. The van der Waals surface area contributed by atoms with Crippen molar-refractivity contribution in [1.82, 2.24) is 15.2 Å². The quantitative estimate of drug-likeness (QED) is 0.828. The van der Waals surface area contributed by atoms with Gasteiger partial charge in [-0.3, -0.25) is 0 Å². The van der Waals surface area contributed by atoms with Crippen molar-refractivity contribution in [1.29, 1.82) is 0 Å². The Bertz CT molecular complexity index is 377. The molecule has 0 radical (unpaired) electrons. The van der Waals surface area contributed by atoms with Gasteiger partial charge in [0.25, 0.3) is 0 Å². The number of carbonyl (C=O) groups is 1. The van der Waals surface area contributed by atoms with Crippen molar-refractivity contribution in [3.63, 3.8) is 0 Å². The Balaban J connectivity index is 1.90. The minimum atomic E-state index is -0.0165. The van der Waals surface area contributed by atoms with Crippen LogP contribution in [0.2, 0.25) is 0 Å². The monoisotopic (exact) mass is 221 g/mol. The van der Waals surface area contributed by atoms with E-state index in [9.17, 15) is 4.79 Å². The van der Waals surface area contributed by atoms with Crippen LogP contribution in [0.25, 0.3) is 0 Å². The Morgan fingerprint density at radius 3 is 3.06 bits per heavy atom. The third kappa shape index (κ3) is 2.24. The minimum Gasteiger partial charge on any atom is -0.481 e. The van der Waals surface area contributed by atoms with Crippen LogP contribution in [0, 0.1) is 0 Å². The maximum atomic E-state index is 11.6. The van der Waals surface area contributed by atoms with Gasteiger partial charge in [-0.25, -0.2) is 9.78 Å². The molecule has 16 heavy (non-hydrogen) atoms. The van der Waals surface area contributed by atoms with Gasteiger partial charge in [-0.2, -0.15) is 0 Å². The highest BCUT2D eigenvalue weighted by Gasteiger charge is 2.19. The van der Waals surface area contributed by atoms with E-state index in [4.69, 9.17) is 4.74 Å². The number of urea groups is 1. The number of likely N-dealkylation sites (tertiary alicyclic amines) is 1. The number of rotatable bonds is 3. The molecule has 5 heteroatoms. The molecule has 0 aromatic carbocycles. The van der Waals surface area contributed by atoms with Gasteiger partial charge in [0.05, 0.1) is 7.11 Å². The number of amides is 2. The van der Waals surface area contributed by atoms with Crippen LogP contribution in [0.15, 0.2) is 18.3 Å². The average molecular weight is 221 g/mol. The molecular weight excluding hydrogens is 206 g/mol. The van der Waals surface area contributed by atoms with Crippen molar-refractivity contribution in [3.8, 4) is 5.88 Å². The molecule has 86 valence electrons. The van der Waals surface area contributed by atoms with Crippen molar-refractivity contribution in [2.75, 3.05) is 20.2 Å². The summed E-state index contributed by atoms with van der Waals surface area (Å²) in [5.41, 5.74) is 0.888. The second-order valence-corrected chi connectivity index (χ2v) is 3.67. The van der Waals surface area contributed by atoms with E-state index in [1.165, 1.54) is 0 Å². The van der Waals surface area contributed by atoms with E-state index >= 15 is 0 Å². The first-order valence-corrected chi connectivity index (χ1v) is 5.32. The zero-order valence-corrected chi connectivity index (χ0v) is 9.27. The summed E-state index contributed by atoms with van der Waals surface area (Å²) in [6.45, 7) is 2.17. The van der Waals surface area contributed by atoms with Crippen LogP contribution in [0.3, 0.4) is 0 Å². The van der Waals surface area contributed by atoms with E-state index in [2.05, 4.69) is 10.3 Å². The summed E-state index contributed by atoms with van der Waals surface area (Å²) in [7, 11) is 1.57. The first kappa shape index (κ1) is 10.7. The molecule has 1 fully saturated rings. The molecule has 0 aliphatic carbocycles. The van der Waals surface area contributed by atoms with E-state index in [1.807, 2.05) is 12.1 Å². The molecular formula is C11H15N3O2. The van der Waals surface area contributed by atoms with E-state index in [1.54, 1.807) is 18.2 Å². The van der Waals surface area contributed by atoms with Crippen LogP contribution in [-0.4, -0.2) is 36.1 Å². The first-order chi connectivity index (χ1) is 7.81. The lowest BCUT2D eigenvalue weighted by Crippen LogP contribution is -2.47. The Morgan fingerprint density at radius 1 is 1.62 bits per heavy atom. The molecule has 0 unspecified atom stereocenters. The van der Waals surface area contributed by atoms with Crippen LogP contribution in [0.4, 0.5) is 4.79 Å². The third-order valence-electron chi connectivity index (χ3n) is 2.62. The van der Waals surface area contributed by atoms with Gasteiger partial charge in [0.2, 0.25) is 5.88 Å². The van der Waals surface area contributed by atoms with Crippen molar-refractivity contribution in [2.45, 2.75) is 13.0 Å². The molecule has 1 aliphatic heterocycles. The van der Waals surface area contributed by atoms with Gasteiger partial charge < -0.3 is 15.0 Å². The minimum absolute atomic E-state index is 0.0165. The fraction of sp³-hybridized carbons (Fsp3) is 0.455. The fourth-order valence-electron chi connectivity index (χ4n) is 1.54. The van der Waals surface area contributed by atoms with Crippen LogP contribution in [-0.2, 0) is 6.54 Å². The molecule has 1 N–H and O–H groups in total. The third-order valence-corrected chi connectivity index (χ3v) is 2.62.